The average molecular weight is 453 g/mol. The van der Waals surface area contributed by atoms with Crippen LogP contribution in [0.25, 0.3) is 0 Å². The molecular weight excluding hydrogens is 412 g/mol. The highest BCUT2D eigenvalue weighted by Gasteiger charge is 2.31. The van der Waals surface area contributed by atoms with Crippen molar-refractivity contribution in [3.63, 3.8) is 0 Å². The van der Waals surface area contributed by atoms with Gasteiger partial charge < -0.3 is 9.47 Å². The highest BCUT2D eigenvalue weighted by Crippen LogP contribution is 2.29. The number of esters is 1. The molecule has 0 fully saturated rings. The van der Waals surface area contributed by atoms with Crippen LogP contribution in [0.5, 0.6) is 5.75 Å². The van der Waals surface area contributed by atoms with Crippen molar-refractivity contribution < 1.29 is 19.1 Å². The lowest BCUT2D eigenvalue weighted by molar-refractivity contribution is -0.158. The van der Waals surface area contributed by atoms with Gasteiger partial charge in [-0.2, -0.15) is 0 Å². The number of ether oxygens (including phenoxy) is 2. The van der Waals surface area contributed by atoms with Crippen LogP contribution < -0.4 is 4.74 Å². The first-order chi connectivity index (χ1) is 15.7. The van der Waals surface area contributed by atoms with E-state index in [1.807, 2.05) is 36.4 Å². The predicted octanol–water partition coefficient (Wildman–Crippen LogP) is 6.84. The van der Waals surface area contributed by atoms with E-state index in [1.165, 1.54) is 11.1 Å². The zero-order valence-corrected chi connectivity index (χ0v) is 21.1. The number of ketones is 1. The third-order valence-electron chi connectivity index (χ3n) is 6.38. The summed E-state index contributed by atoms with van der Waals surface area (Å²) in [7, 11) is 0. The first-order valence-electron chi connectivity index (χ1n) is 12.3. The topological polar surface area (TPSA) is 52.6 Å². The molecule has 0 aliphatic carbocycles. The van der Waals surface area contributed by atoms with Crippen molar-refractivity contribution >= 4 is 11.8 Å². The van der Waals surface area contributed by atoms with Crippen LogP contribution >= 0.6 is 0 Å². The zero-order valence-electron chi connectivity index (χ0n) is 21.1. The average Bonchev–Trinajstić information content (AvgIpc) is 2.82. The summed E-state index contributed by atoms with van der Waals surface area (Å²) < 4.78 is 10.9. The van der Waals surface area contributed by atoms with Crippen molar-refractivity contribution in [1.29, 1.82) is 0 Å². The van der Waals surface area contributed by atoms with Crippen molar-refractivity contribution in [1.82, 2.24) is 0 Å². The normalized spacial score (nSPS) is 13.3. The van der Waals surface area contributed by atoms with Crippen LogP contribution in [0.15, 0.2) is 48.5 Å². The van der Waals surface area contributed by atoms with Crippen LogP contribution in [-0.4, -0.2) is 24.0 Å². The van der Waals surface area contributed by atoms with E-state index >= 15 is 0 Å². The molecule has 0 radical (unpaired) electrons. The third-order valence-corrected chi connectivity index (χ3v) is 6.38. The Morgan fingerprint density at radius 1 is 0.848 bits per heavy atom. The Bertz CT molecular complexity index is 881. The van der Waals surface area contributed by atoms with Gasteiger partial charge in [-0.1, -0.05) is 63.6 Å². The van der Waals surface area contributed by atoms with Gasteiger partial charge in [0.05, 0.1) is 6.61 Å². The summed E-state index contributed by atoms with van der Waals surface area (Å²) in [6.07, 6.45) is 4.67. The molecule has 2 atom stereocenters. The molecule has 0 saturated carbocycles. The second kappa shape index (κ2) is 12.6. The monoisotopic (exact) mass is 452 g/mol. The van der Waals surface area contributed by atoms with E-state index in [9.17, 15) is 9.59 Å². The quantitative estimate of drug-likeness (QED) is 0.247. The number of hydrogen-bond donors (Lipinski definition) is 0. The van der Waals surface area contributed by atoms with E-state index < -0.39 is 5.60 Å². The summed E-state index contributed by atoms with van der Waals surface area (Å²) in [5.74, 6) is 0.903. The molecule has 0 heterocycles. The smallest absolute Gasteiger partial charge is 0.349 e. The summed E-state index contributed by atoms with van der Waals surface area (Å²) in [6.45, 7) is 11.9. The molecule has 0 spiro atoms. The molecule has 4 heteroatoms. The van der Waals surface area contributed by atoms with Crippen molar-refractivity contribution in [3.05, 3.63) is 65.2 Å². The molecule has 180 valence electrons. The maximum Gasteiger partial charge on any atom is 0.349 e. The summed E-state index contributed by atoms with van der Waals surface area (Å²) in [4.78, 5) is 25.3. The Morgan fingerprint density at radius 2 is 1.45 bits per heavy atom. The second-order valence-electron chi connectivity index (χ2n) is 9.11. The Hall–Kier alpha value is -2.62. The SMILES string of the molecule is CCOC(=O)C(C)(C)Oc1ccc(CC[C@@H](CC)C(CC)C(=O)c2ccc(CC)cc2)cc1. The van der Waals surface area contributed by atoms with E-state index in [0.29, 0.717) is 18.3 Å². The van der Waals surface area contributed by atoms with E-state index in [4.69, 9.17) is 9.47 Å². The fraction of sp³-hybridized carbons (Fsp3) is 0.517. The molecular formula is C29H40O4. The van der Waals surface area contributed by atoms with Crippen molar-refractivity contribution in [2.45, 2.75) is 79.2 Å². The zero-order chi connectivity index (χ0) is 24.4. The highest BCUT2D eigenvalue weighted by molar-refractivity contribution is 5.98. The van der Waals surface area contributed by atoms with Crippen LogP contribution in [0.1, 0.15) is 82.3 Å². The molecule has 0 aromatic heterocycles. The molecule has 0 saturated heterocycles. The predicted molar refractivity (Wildman–Crippen MR) is 134 cm³/mol. The molecule has 0 aliphatic rings. The van der Waals surface area contributed by atoms with Gasteiger partial charge in [-0.25, -0.2) is 4.79 Å². The Kier molecular flexibility index (Phi) is 10.1. The van der Waals surface area contributed by atoms with Gasteiger partial charge in [0.25, 0.3) is 0 Å². The van der Waals surface area contributed by atoms with Crippen LogP contribution in [0.4, 0.5) is 0 Å². The van der Waals surface area contributed by atoms with Crippen molar-refractivity contribution in [2.75, 3.05) is 6.61 Å². The fourth-order valence-corrected chi connectivity index (χ4v) is 4.26. The third kappa shape index (κ3) is 7.45. The Labute approximate surface area is 199 Å². The van der Waals surface area contributed by atoms with E-state index in [0.717, 1.165) is 37.7 Å². The van der Waals surface area contributed by atoms with Gasteiger partial charge in [-0.05, 0) is 75.6 Å². The number of Topliss-reactive ketones (excluding diaryl/α,β-unsaturated/α-hetero) is 1. The van der Waals surface area contributed by atoms with Gasteiger partial charge in [-0.3, -0.25) is 4.79 Å². The van der Waals surface area contributed by atoms with Crippen LogP contribution in [0, 0.1) is 11.8 Å². The lowest BCUT2D eigenvalue weighted by Gasteiger charge is -2.25. The lowest BCUT2D eigenvalue weighted by Crippen LogP contribution is -2.39. The van der Waals surface area contributed by atoms with E-state index in [1.54, 1.807) is 20.8 Å². The summed E-state index contributed by atoms with van der Waals surface area (Å²) in [5.41, 5.74) is 2.24. The maximum absolute atomic E-state index is 13.2. The first kappa shape index (κ1) is 26.6. The van der Waals surface area contributed by atoms with Crippen LogP contribution in [0.2, 0.25) is 0 Å². The number of hydrogen-bond acceptors (Lipinski definition) is 4. The largest absolute Gasteiger partial charge is 0.476 e. The molecule has 1 unspecified atom stereocenters. The molecule has 4 nitrogen and oxygen atoms in total. The summed E-state index contributed by atoms with van der Waals surface area (Å²) >= 11 is 0. The lowest BCUT2D eigenvalue weighted by atomic mass is 9.79. The molecule has 0 bridgehead atoms. The number of rotatable bonds is 13. The van der Waals surface area contributed by atoms with Gasteiger partial charge in [0.15, 0.2) is 11.4 Å². The van der Waals surface area contributed by atoms with Gasteiger partial charge in [0.1, 0.15) is 5.75 Å². The molecule has 0 N–H and O–H groups in total. The van der Waals surface area contributed by atoms with Gasteiger partial charge in [0, 0.05) is 11.5 Å². The first-order valence-corrected chi connectivity index (χ1v) is 12.3. The van der Waals surface area contributed by atoms with Crippen molar-refractivity contribution in [3.8, 4) is 5.75 Å². The number of aryl methyl sites for hydroxylation is 2. The molecule has 2 rings (SSSR count). The minimum atomic E-state index is -1.03. The second-order valence-corrected chi connectivity index (χ2v) is 9.11. The molecule has 0 aliphatic heterocycles. The van der Waals surface area contributed by atoms with Gasteiger partial charge in [0.2, 0.25) is 0 Å². The number of benzene rings is 2. The summed E-state index contributed by atoms with van der Waals surface area (Å²) in [6, 6.07) is 16.0. The van der Waals surface area contributed by atoms with Gasteiger partial charge >= 0.3 is 5.97 Å². The fourth-order valence-electron chi connectivity index (χ4n) is 4.26. The number of carbonyl (C=O) groups is 2. The molecule has 33 heavy (non-hydrogen) atoms. The Morgan fingerprint density at radius 3 is 1.97 bits per heavy atom. The minimum Gasteiger partial charge on any atom is -0.476 e. The molecule has 0 amide bonds. The molecule has 2 aromatic carbocycles. The standard InChI is InChI=1S/C29H40O4/c1-7-21-11-17-24(18-12-21)27(30)26(9-3)23(8-2)16-13-22-14-19-25(20-15-22)33-29(5,6)28(31)32-10-4/h11-12,14-15,17-20,23,26H,7-10,13,16H2,1-6H3/t23-,26?/m1/s1. The highest BCUT2D eigenvalue weighted by atomic mass is 16.6. The molecule has 2 aromatic rings. The maximum atomic E-state index is 13.2. The number of carbonyl (C=O) groups excluding carboxylic acids is 2. The van der Waals surface area contributed by atoms with Crippen molar-refractivity contribution in [2.24, 2.45) is 11.8 Å². The minimum absolute atomic E-state index is 0.0375. The van der Waals surface area contributed by atoms with Crippen LogP contribution in [0.3, 0.4) is 0 Å². The van der Waals surface area contributed by atoms with Crippen LogP contribution in [-0.2, 0) is 22.4 Å². The van der Waals surface area contributed by atoms with E-state index in [2.05, 4.69) is 32.9 Å². The Balaban J connectivity index is 2.00. The van der Waals surface area contributed by atoms with Gasteiger partial charge in [-0.15, -0.1) is 0 Å². The van der Waals surface area contributed by atoms with E-state index in [-0.39, 0.29) is 17.7 Å². The summed E-state index contributed by atoms with van der Waals surface area (Å²) in [5, 5.41) is 0.